The van der Waals surface area contributed by atoms with Crippen molar-refractivity contribution in [2.45, 2.75) is 38.0 Å². The van der Waals surface area contributed by atoms with Crippen LogP contribution in [0.2, 0.25) is 0 Å². The number of aryl methyl sites for hydroxylation is 1. The number of likely N-dealkylation sites (N-methyl/N-ethyl adjacent to an activating group) is 1. The fourth-order valence-electron chi connectivity index (χ4n) is 4.02. The Morgan fingerprint density at radius 2 is 2.05 bits per heavy atom. The van der Waals surface area contributed by atoms with Crippen LogP contribution in [0.25, 0.3) is 0 Å². The summed E-state index contributed by atoms with van der Waals surface area (Å²) in [6, 6.07) is 9.09. The summed E-state index contributed by atoms with van der Waals surface area (Å²) in [5, 5.41) is 3.53. The van der Waals surface area contributed by atoms with E-state index in [4.69, 9.17) is 0 Å². The molecule has 1 fully saturated rings. The molecule has 1 aliphatic heterocycles. The van der Waals surface area contributed by atoms with Crippen LogP contribution in [0, 0.1) is 5.92 Å². The number of nitrogens with zero attached hydrogens (tertiary/aromatic N) is 1. The van der Waals surface area contributed by atoms with Crippen molar-refractivity contribution in [3.05, 3.63) is 35.4 Å². The third-order valence-corrected chi connectivity index (χ3v) is 4.99. The van der Waals surface area contributed by atoms with Crippen molar-refractivity contribution < 1.29 is 0 Å². The molecule has 1 heterocycles. The molecule has 0 spiro atoms. The van der Waals surface area contributed by atoms with Crippen LogP contribution in [0.15, 0.2) is 24.3 Å². The number of benzene rings is 1. The average Bonchev–Trinajstić information content (AvgIpc) is 2.48. The van der Waals surface area contributed by atoms with E-state index in [0.29, 0.717) is 0 Å². The molecular formula is C18H28N2. The summed E-state index contributed by atoms with van der Waals surface area (Å²) >= 11 is 0. The van der Waals surface area contributed by atoms with Gasteiger partial charge in [-0.1, -0.05) is 24.3 Å². The second-order valence-corrected chi connectivity index (χ2v) is 6.72. The number of fused-ring (bicyclic) bond motifs is 1. The number of hydrogen-bond acceptors (Lipinski definition) is 2. The van der Waals surface area contributed by atoms with E-state index in [2.05, 4.69) is 41.5 Å². The quantitative estimate of drug-likeness (QED) is 0.906. The second-order valence-electron chi connectivity index (χ2n) is 6.72. The maximum Gasteiger partial charge on any atom is 0.00474 e. The predicted octanol–water partition coefficient (Wildman–Crippen LogP) is 3.04. The molecule has 2 heteroatoms. The maximum atomic E-state index is 3.53. The first-order valence-corrected chi connectivity index (χ1v) is 8.30. The van der Waals surface area contributed by atoms with Gasteiger partial charge in [0.2, 0.25) is 0 Å². The average molecular weight is 272 g/mol. The highest BCUT2D eigenvalue weighted by Crippen LogP contribution is 2.32. The fourth-order valence-corrected chi connectivity index (χ4v) is 4.02. The lowest BCUT2D eigenvalue weighted by atomic mass is 9.82. The lowest BCUT2D eigenvalue weighted by Gasteiger charge is -2.32. The molecule has 0 bridgehead atoms. The van der Waals surface area contributed by atoms with Crippen LogP contribution in [-0.4, -0.2) is 38.1 Å². The molecule has 0 saturated carbocycles. The molecule has 2 unspecified atom stereocenters. The Labute approximate surface area is 123 Å². The van der Waals surface area contributed by atoms with Crippen LogP contribution in [0.5, 0.6) is 0 Å². The SMILES string of the molecule is CN(CC1CCCNC1)CC1CCCc2ccccc21. The Hall–Kier alpha value is -0.860. The monoisotopic (exact) mass is 272 g/mol. The number of hydrogen-bond donors (Lipinski definition) is 1. The Balaban J connectivity index is 1.57. The summed E-state index contributed by atoms with van der Waals surface area (Å²) in [6.45, 7) is 4.92. The van der Waals surface area contributed by atoms with Crippen LogP contribution in [0.1, 0.15) is 42.7 Å². The highest BCUT2D eigenvalue weighted by Gasteiger charge is 2.22. The molecule has 0 radical (unpaired) electrons. The van der Waals surface area contributed by atoms with Crippen LogP contribution < -0.4 is 5.32 Å². The maximum absolute atomic E-state index is 3.53. The van der Waals surface area contributed by atoms with Gasteiger partial charge < -0.3 is 10.2 Å². The van der Waals surface area contributed by atoms with Crippen molar-refractivity contribution in [3.63, 3.8) is 0 Å². The Kier molecular flexibility index (Phi) is 4.74. The number of rotatable bonds is 4. The highest BCUT2D eigenvalue weighted by atomic mass is 15.1. The molecule has 2 aliphatic rings. The van der Waals surface area contributed by atoms with E-state index in [-0.39, 0.29) is 0 Å². The van der Waals surface area contributed by atoms with E-state index in [1.54, 1.807) is 11.1 Å². The van der Waals surface area contributed by atoms with Gasteiger partial charge in [-0.15, -0.1) is 0 Å². The molecule has 110 valence electrons. The van der Waals surface area contributed by atoms with Gasteiger partial charge in [0.25, 0.3) is 0 Å². The molecule has 1 aromatic rings. The van der Waals surface area contributed by atoms with Crippen molar-refractivity contribution in [2.75, 3.05) is 33.2 Å². The van der Waals surface area contributed by atoms with Crippen molar-refractivity contribution in [2.24, 2.45) is 5.92 Å². The molecule has 1 aromatic carbocycles. The summed E-state index contributed by atoms with van der Waals surface area (Å²) in [5.74, 6) is 1.61. The topological polar surface area (TPSA) is 15.3 Å². The summed E-state index contributed by atoms with van der Waals surface area (Å²) in [5.41, 5.74) is 3.21. The summed E-state index contributed by atoms with van der Waals surface area (Å²) in [7, 11) is 2.31. The molecule has 20 heavy (non-hydrogen) atoms. The lowest BCUT2D eigenvalue weighted by molar-refractivity contribution is 0.227. The van der Waals surface area contributed by atoms with Crippen molar-refractivity contribution in [1.82, 2.24) is 10.2 Å². The van der Waals surface area contributed by atoms with Crippen molar-refractivity contribution in [3.8, 4) is 0 Å². The molecule has 2 nitrogen and oxygen atoms in total. The third kappa shape index (κ3) is 3.42. The van der Waals surface area contributed by atoms with Crippen molar-refractivity contribution in [1.29, 1.82) is 0 Å². The first kappa shape index (κ1) is 14.1. The molecule has 1 N–H and O–H groups in total. The van der Waals surface area contributed by atoms with Gasteiger partial charge in [-0.3, -0.25) is 0 Å². The molecule has 3 rings (SSSR count). The normalized spacial score (nSPS) is 26.5. The lowest BCUT2D eigenvalue weighted by Crippen LogP contribution is -2.38. The summed E-state index contributed by atoms with van der Waals surface area (Å²) in [4.78, 5) is 2.57. The van der Waals surface area contributed by atoms with Crippen LogP contribution in [0.4, 0.5) is 0 Å². The fraction of sp³-hybridized carbons (Fsp3) is 0.667. The van der Waals surface area contributed by atoms with Gasteiger partial charge in [0.1, 0.15) is 0 Å². The molecule has 2 atom stereocenters. The van der Waals surface area contributed by atoms with Gasteiger partial charge in [-0.05, 0) is 75.2 Å². The van der Waals surface area contributed by atoms with Gasteiger partial charge in [0, 0.05) is 13.1 Å². The van der Waals surface area contributed by atoms with E-state index in [1.807, 2.05) is 0 Å². The van der Waals surface area contributed by atoms with Gasteiger partial charge in [0.15, 0.2) is 0 Å². The van der Waals surface area contributed by atoms with Gasteiger partial charge in [0.05, 0.1) is 0 Å². The summed E-state index contributed by atoms with van der Waals surface area (Å²) < 4.78 is 0. The molecule has 1 saturated heterocycles. The summed E-state index contributed by atoms with van der Waals surface area (Å²) in [6.07, 6.45) is 6.76. The molecular weight excluding hydrogens is 244 g/mol. The van der Waals surface area contributed by atoms with Crippen LogP contribution in [0.3, 0.4) is 0 Å². The Morgan fingerprint density at radius 1 is 1.15 bits per heavy atom. The first-order valence-electron chi connectivity index (χ1n) is 8.30. The van der Waals surface area contributed by atoms with Crippen molar-refractivity contribution >= 4 is 0 Å². The minimum Gasteiger partial charge on any atom is -0.316 e. The predicted molar refractivity (Wildman–Crippen MR) is 85.2 cm³/mol. The van der Waals surface area contributed by atoms with E-state index in [9.17, 15) is 0 Å². The van der Waals surface area contributed by atoms with E-state index < -0.39 is 0 Å². The Bertz CT molecular complexity index is 423. The molecule has 1 aliphatic carbocycles. The zero-order valence-electron chi connectivity index (χ0n) is 12.8. The number of piperidine rings is 1. The standard InChI is InChI=1S/C18H28N2/c1-20(13-15-6-5-11-19-12-15)14-17-9-4-8-16-7-2-3-10-18(16)17/h2-3,7,10,15,17,19H,4-6,8-9,11-14H2,1H3. The molecule has 0 amide bonds. The van der Waals surface area contributed by atoms with E-state index in [1.165, 1.54) is 58.3 Å². The largest absolute Gasteiger partial charge is 0.316 e. The Morgan fingerprint density at radius 3 is 2.90 bits per heavy atom. The van der Waals surface area contributed by atoms with Crippen LogP contribution >= 0.6 is 0 Å². The smallest absolute Gasteiger partial charge is 0.00474 e. The minimum atomic E-state index is 0.751. The molecule has 0 aromatic heterocycles. The zero-order valence-corrected chi connectivity index (χ0v) is 12.8. The van der Waals surface area contributed by atoms with E-state index in [0.717, 1.165) is 11.8 Å². The minimum absolute atomic E-state index is 0.751. The second kappa shape index (κ2) is 6.73. The highest BCUT2D eigenvalue weighted by molar-refractivity contribution is 5.32. The van der Waals surface area contributed by atoms with Gasteiger partial charge in [-0.25, -0.2) is 0 Å². The number of nitrogens with one attached hydrogen (secondary N) is 1. The van der Waals surface area contributed by atoms with Gasteiger partial charge in [-0.2, -0.15) is 0 Å². The van der Waals surface area contributed by atoms with Gasteiger partial charge >= 0.3 is 0 Å². The third-order valence-electron chi connectivity index (χ3n) is 4.99. The van der Waals surface area contributed by atoms with E-state index >= 15 is 0 Å². The van der Waals surface area contributed by atoms with Crippen LogP contribution in [-0.2, 0) is 6.42 Å². The first-order chi connectivity index (χ1) is 9.83. The zero-order chi connectivity index (χ0) is 13.8.